The summed E-state index contributed by atoms with van der Waals surface area (Å²) in [5.41, 5.74) is 6.28. The van der Waals surface area contributed by atoms with E-state index in [2.05, 4.69) is 0 Å². The second-order valence-electron chi connectivity index (χ2n) is 5.78. The molecule has 2 N–H and O–H groups in total. The number of carbonyl (C=O) groups excluding carboxylic acids is 2. The summed E-state index contributed by atoms with van der Waals surface area (Å²) in [6.45, 7) is 1.97. The lowest BCUT2D eigenvalue weighted by atomic mass is 10.1. The van der Waals surface area contributed by atoms with E-state index in [4.69, 9.17) is 19.9 Å². The van der Waals surface area contributed by atoms with Crippen molar-refractivity contribution in [3.8, 4) is 11.5 Å². The number of halogens is 1. The fraction of sp³-hybridized carbons (Fsp3) is 0.529. The van der Waals surface area contributed by atoms with Crippen molar-refractivity contribution in [3.05, 3.63) is 23.8 Å². The van der Waals surface area contributed by atoms with Crippen molar-refractivity contribution in [1.82, 2.24) is 9.80 Å². The van der Waals surface area contributed by atoms with Crippen LogP contribution in [0.5, 0.6) is 11.5 Å². The predicted molar refractivity (Wildman–Crippen MR) is 99.1 cm³/mol. The maximum atomic E-state index is 12.7. The quantitative estimate of drug-likeness (QED) is 0.758. The van der Waals surface area contributed by atoms with E-state index >= 15 is 0 Å². The van der Waals surface area contributed by atoms with Crippen molar-refractivity contribution in [2.45, 2.75) is 6.04 Å². The Morgan fingerprint density at radius 3 is 1.96 bits per heavy atom. The Hall–Kier alpha value is -2.03. The molecule has 1 aromatic rings. The number of piperazine rings is 1. The van der Waals surface area contributed by atoms with E-state index in [1.807, 2.05) is 0 Å². The molecule has 2 rings (SSSR count). The van der Waals surface area contributed by atoms with Crippen molar-refractivity contribution in [2.24, 2.45) is 5.73 Å². The molecule has 1 heterocycles. The third-order valence-corrected chi connectivity index (χ3v) is 4.14. The number of hydrogen-bond acceptors (Lipinski definition) is 6. The number of rotatable bonds is 6. The van der Waals surface area contributed by atoms with Gasteiger partial charge in [-0.1, -0.05) is 0 Å². The molecule has 2 amide bonds. The average molecular weight is 388 g/mol. The Bertz CT molecular complexity index is 598. The van der Waals surface area contributed by atoms with E-state index in [1.54, 1.807) is 28.0 Å². The van der Waals surface area contributed by atoms with Crippen molar-refractivity contribution in [3.63, 3.8) is 0 Å². The minimum atomic E-state index is -0.671. The Balaban J connectivity index is 0.00000338. The van der Waals surface area contributed by atoms with E-state index in [0.717, 1.165) is 0 Å². The summed E-state index contributed by atoms with van der Waals surface area (Å²) in [6.07, 6.45) is 0. The number of amides is 2. The van der Waals surface area contributed by atoms with Crippen molar-refractivity contribution in [1.29, 1.82) is 0 Å². The summed E-state index contributed by atoms with van der Waals surface area (Å²) in [6, 6.07) is 4.40. The van der Waals surface area contributed by atoms with Crippen LogP contribution in [0.3, 0.4) is 0 Å². The van der Waals surface area contributed by atoms with Crippen molar-refractivity contribution < 1.29 is 23.8 Å². The fourth-order valence-electron chi connectivity index (χ4n) is 2.73. The minimum absolute atomic E-state index is 0. The fourth-order valence-corrected chi connectivity index (χ4v) is 2.73. The highest BCUT2D eigenvalue weighted by Gasteiger charge is 2.28. The van der Waals surface area contributed by atoms with Gasteiger partial charge in [0, 0.05) is 44.9 Å². The first-order valence-electron chi connectivity index (χ1n) is 8.05. The lowest BCUT2D eigenvalue weighted by Crippen LogP contribution is -2.55. The van der Waals surface area contributed by atoms with Crippen LogP contribution in [0.25, 0.3) is 0 Å². The first-order valence-corrected chi connectivity index (χ1v) is 8.05. The van der Waals surface area contributed by atoms with Gasteiger partial charge in [0.15, 0.2) is 0 Å². The van der Waals surface area contributed by atoms with Crippen LogP contribution in [0, 0.1) is 0 Å². The predicted octanol–water partition coefficient (Wildman–Crippen LogP) is 0.384. The highest BCUT2D eigenvalue weighted by Crippen LogP contribution is 2.23. The molecule has 8 nitrogen and oxygen atoms in total. The summed E-state index contributed by atoms with van der Waals surface area (Å²) >= 11 is 0. The van der Waals surface area contributed by atoms with Crippen LogP contribution >= 0.6 is 12.4 Å². The molecule has 1 aromatic carbocycles. The Morgan fingerprint density at radius 2 is 1.50 bits per heavy atom. The third-order valence-electron chi connectivity index (χ3n) is 4.14. The zero-order chi connectivity index (χ0) is 18.4. The second-order valence-corrected chi connectivity index (χ2v) is 5.78. The molecule has 9 heteroatoms. The average Bonchev–Trinajstić information content (AvgIpc) is 2.66. The molecule has 146 valence electrons. The Labute approximate surface area is 159 Å². The van der Waals surface area contributed by atoms with Gasteiger partial charge < -0.3 is 29.7 Å². The van der Waals surface area contributed by atoms with Gasteiger partial charge in [0.25, 0.3) is 5.91 Å². The van der Waals surface area contributed by atoms with Gasteiger partial charge in [-0.05, 0) is 12.1 Å². The summed E-state index contributed by atoms with van der Waals surface area (Å²) < 4.78 is 15.3. The van der Waals surface area contributed by atoms with E-state index in [-0.39, 0.29) is 30.8 Å². The number of benzene rings is 1. The van der Waals surface area contributed by atoms with Gasteiger partial charge in [0.2, 0.25) is 5.91 Å². The Morgan fingerprint density at radius 1 is 1.00 bits per heavy atom. The molecule has 1 unspecified atom stereocenters. The van der Waals surface area contributed by atoms with Crippen molar-refractivity contribution >= 4 is 24.2 Å². The molecular weight excluding hydrogens is 362 g/mol. The van der Waals surface area contributed by atoms with Gasteiger partial charge in [-0.15, -0.1) is 12.4 Å². The van der Waals surface area contributed by atoms with Gasteiger partial charge in [0.05, 0.1) is 20.8 Å². The smallest absolute Gasteiger partial charge is 0.254 e. The number of nitrogens with zero attached hydrogens (tertiary/aromatic N) is 2. The molecule has 0 aromatic heterocycles. The van der Waals surface area contributed by atoms with Crippen LogP contribution in [0.2, 0.25) is 0 Å². The van der Waals surface area contributed by atoms with E-state index < -0.39 is 6.04 Å². The number of hydrogen-bond donors (Lipinski definition) is 1. The van der Waals surface area contributed by atoms with Crippen LogP contribution in [0.15, 0.2) is 18.2 Å². The third kappa shape index (κ3) is 5.23. The van der Waals surface area contributed by atoms with Crippen LogP contribution in [0.1, 0.15) is 10.4 Å². The van der Waals surface area contributed by atoms with Crippen molar-refractivity contribution in [2.75, 3.05) is 54.1 Å². The molecule has 0 bridgehead atoms. The summed E-state index contributed by atoms with van der Waals surface area (Å²) in [5.74, 6) is 0.839. The normalized spacial score (nSPS) is 15.1. The molecule has 1 aliphatic rings. The molecule has 0 radical (unpaired) electrons. The van der Waals surface area contributed by atoms with Crippen LogP contribution in [-0.2, 0) is 9.53 Å². The molecule has 1 atom stereocenters. The molecule has 1 fully saturated rings. The standard InChI is InChI=1S/C17H25N3O5.ClH/c1-23-11-15(18)17(22)20-6-4-19(5-7-20)16(21)12-8-13(24-2)10-14(9-12)25-3;/h8-10,15H,4-7,11,18H2,1-3H3;1H. The number of nitrogens with two attached hydrogens (primary N) is 1. The maximum Gasteiger partial charge on any atom is 0.254 e. The summed E-state index contributed by atoms with van der Waals surface area (Å²) in [5, 5.41) is 0. The molecule has 1 aliphatic heterocycles. The molecular formula is C17H26ClN3O5. The number of ether oxygens (including phenoxy) is 3. The molecule has 1 saturated heterocycles. The lowest BCUT2D eigenvalue weighted by Gasteiger charge is -2.36. The highest BCUT2D eigenvalue weighted by atomic mass is 35.5. The number of carbonyl (C=O) groups is 2. The summed E-state index contributed by atoms with van der Waals surface area (Å²) in [7, 11) is 4.58. The summed E-state index contributed by atoms with van der Waals surface area (Å²) in [4.78, 5) is 28.3. The maximum absolute atomic E-state index is 12.7. The first-order chi connectivity index (χ1) is 12.0. The van der Waals surface area contributed by atoms with Crippen LogP contribution in [0.4, 0.5) is 0 Å². The van der Waals surface area contributed by atoms with Gasteiger partial charge in [-0.2, -0.15) is 0 Å². The second kappa shape index (κ2) is 10.2. The van der Waals surface area contributed by atoms with E-state index in [0.29, 0.717) is 43.2 Å². The molecule has 0 spiro atoms. The topological polar surface area (TPSA) is 94.3 Å². The van der Waals surface area contributed by atoms with Gasteiger partial charge in [0.1, 0.15) is 17.5 Å². The lowest BCUT2D eigenvalue weighted by molar-refractivity contribution is -0.135. The first kappa shape index (κ1) is 22.0. The zero-order valence-corrected chi connectivity index (χ0v) is 16.1. The molecule has 26 heavy (non-hydrogen) atoms. The van der Waals surface area contributed by atoms with Gasteiger partial charge in [-0.25, -0.2) is 0 Å². The van der Waals surface area contributed by atoms with Crippen LogP contribution in [-0.4, -0.2) is 81.8 Å². The zero-order valence-electron chi connectivity index (χ0n) is 15.3. The van der Waals surface area contributed by atoms with Crippen LogP contribution < -0.4 is 15.2 Å². The Kier molecular flexibility index (Phi) is 8.64. The minimum Gasteiger partial charge on any atom is -0.497 e. The SMILES string of the molecule is COCC(N)C(=O)N1CCN(C(=O)c2cc(OC)cc(OC)c2)CC1.Cl. The largest absolute Gasteiger partial charge is 0.497 e. The molecule has 0 saturated carbocycles. The molecule has 0 aliphatic carbocycles. The monoisotopic (exact) mass is 387 g/mol. The highest BCUT2D eigenvalue weighted by molar-refractivity contribution is 5.95. The van der Waals surface area contributed by atoms with E-state index in [1.165, 1.54) is 21.3 Å². The van der Waals surface area contributed by atoms with E-state index in [9.17, 15) is 9.59 Å². The van der Waals surface area contributed by atoms with Gasteiger partial charge in [-0.3, -0.25) is 9.59 Å². The number of methoxy groups -OCH3 is 3. The van der Waals surface area contributed by atoms with Gasteiger partial charge >= 0.3 is 0 Å².